The van der Waals surface area contributed by atoms with Gasteiger partial charge in [-0.1, -0.05) is 0 Å². The van der Waals surface area contributed by atoms with E-state index >= 15 is 0 Å². The Morgan fingerprint density at radius 1 is 1.60 bits per heavy atom. The van der Waals surface area contributed by atoms with E-state index in [1.807, 2.05) is 13.8 Å². The summed E-state index contributed by atoms with van der Waals surface area (Å²) in [6.45, 7) is 7.22. The van der Waals surface area contributed by atoms with Gasteiger partial charge in [-0.25, -0.2) is 9.48 Å². The molecule has 0 atom stereocenters. The maximum absolute atomic E-state index is 10.9. The highest BCUT2D eigenvalue weighted by Crippen LogP contribution is 2.18. The molecule has 0 fully saturated rings. The highest BCUT2D eigenvalue weighted by molar-refractivity contribution is 5.81. The van der Waals surface area contributed by atoms with E-state index in [9.17, 15) is 4.79 Å². The van der Waals surface area contributed by atoms with Crippen LogP contribution in [0.25, 0.3) is 0 Å². The van der Waals surface area contributed by atoms with E-state index in [0.29, 0.717) is 0 Å². The molecular weight excluding hydrogens is 194 g/mol. The lowest BCUT2D eigenvalue weighted by molar-refractivity contribution is -0.141. The number of carboxylic acids is 1. The van der Waals surface area contributed by atoms with Gasteiger partial charge in [-0.05, 0) is 27.7 Å². The van der Waals surface area contributed by atoms with Crippen molar-refractivity contribution in [3.8, 4) is 0 Å². The first-order chi connectivity index (χ1) is 6.84. The first-order valence-electron chi connectivity index (χ1n) is 4.89. The summed E-state index contributed by atoms with van der Waals surface area (Å²) in [4.78, 5) is 10.9. The summed E-state index contributed by atoms with van der Waals surface area (Å²) in [6.07, 6.45) is 1.65. The first-order valence-corrected chi connectivity index (χ1v) is 4.89. The fourth-order valence-electron chi connectivity index (χ4n) is 1.20. The molecule has 0 aliphatic carbocycles. The minimum Gasteiger partial charge on any atom is -0.480 e. The van der Waals surface area contributed by atoms with Crippen molar-refractivity contribution in [1.82, 2.24) is 9.78 Å². The van der Waals surface area contributed by atoms with E-state index in [1.165, 1.54) is 0 Å². The van der Waals surface area contributed by atoms with Crippen LogP contribution in [0, 0.1) is 0 Å². The Morgan fingerprint density at radius 2 is 2.20 bits per heavy atom. The first kappa shape index (κ1) is 11.6. The van der Waals surface area contributed by atoms with Gasteiger partial charge in [0, 0.05) is 12.1 Å². The molecule has 15 heavy (non-hydrogen) atoms. The molecule has 5 heteroatoms. The zero-order chi connectivity index (χ0) is 11.6. The zero-order valence-electron chi connectivity index (χ0n) is 9.48. The summed E-state index contributed by atoms with van der Waals surface area (Å²) in [6, 6.07) is 1.97. The largest absolute Gasteiger partial charge is 0.480 e. The monoisotopic (exact) mass is 211 g/mol. The number of nitrogens with one attached hydrogen (secondary N) is 1. The summed E-state index contributed by atoms with van der Waals surface area (Å²) in [5.41, 5.74) is -0.993. The van der Waals surface area contributed by atoms with E-state index in [1.54, 1.807) is 30.8 Å². The van der Waals surface area contributed by atoms with Crippen LogP contribution < -0.4 is 5.32 Å². The quantitative estimate of drug-likeness (QED) is 0.796. The van der Waals surface area contributed by atoms with Crippen molar-refractivity contribution in [2.75, 3.05) is 5.32 Å². The molecule has 1 aromatic heterocycles. The number of carbonyl (C=O) groups is 1. The molecule has 2 N–H and O–H groups in total. The summed E-state index contributed by atoms with van der Waals surface area (Å²) in [7, 11) is 0. The molecule has 0 spiro atoms. The third kappa shape index (κ3) is 2.49. The molecule has 0 saturated carbocycles. The van der Waals surface area contributed by atoms with Gasteiger partial charge in [0.25, 0.3) is 0 Å². The van der Waals surface area contributed by atoms with Crippen molar-refractivity contribution < 1.29 is 9.90 Å². The number of carboxylic acid groups (broad SMARTS) is 1. The number of anilines is 1. The molecule has 1 aromatic rings. The van der Waals surface area contributed by atoms with Gasteiger partial charge in [-0.3, -0.25) is 0 Å². The van der Waals surface area contributed by atoms with Crippen LogP contribution in [0.1, 0.15) is 33.7 Å². The number of rotatable bonds is 4. The number of hydrogen-bond donors (Lipinski definition) is 2. The lowest BCUT2D eigenvalue weighted by Crippen LogP contribution is -2.40. The lowest BCUT2D eigenvalue weighted by atomic mass is 10.1. The van der Waals surface area contributed by atoms with Gasteiger partial charge >= 0.3 is 5.97 Å². The summed E-state index contributed by atoms with van der Waals surface area (Å²) in [5.74, 6) is -0.170. The Hall–Kier alpha value is -1.52. The molecule has 0 amide bonds. The predicted octanol–water partition coefficient (Wildman–Crippen LogP) is 1.74. The van der Waals surface area contributed by atoms with Crippen LogP contribution >= 0.6 is 0 Å². The Morgan fingerprint density at radius 3 is 2.67 bits per heavy atom. The highest BCUT2D eigenvalue weighted by Gasteiger charge is 2.27. The second-order valence-corrected chi connectivity index (χ2v) is 4.31. The van der Waals surface area contributed by atoms with E-state index in [-0.39, 0.29) is 6.04 Å². The molecule has 0 aliphatic heterocycles. The smallest absolute Gasteiger partial charge is 0.328 e. The lowest BCUT2D eigenvalue weighted by Gasteiger charge is -2.23. The Bertz CT molecular complexity index is 355. The summed E-state index contributed by atoms with van der Waals surface area (Å²) >= 11 is 0. The van der Waals surface area contributed by atoms with Gasteiger partial charge in [0.15, 0.2) is 0 Å². The van der Waals surface area contributed by atoms with E-state index in [0.717, 1.165) is 5.82 Å². The van der Waals surface area contributed by atoms with Crippen LogP contribution in [0.2, 0.25) is 0 Å². The van der Waals surface area contributed by atoms with Gasteiger partial charge < -0.3 is 10.4 Å². The number of aliphatic carboxylic acids is 1. The Kier molecular flexibility index (Phi) is 3.02. The Labute approximate surface area is 89.1 Å². The Balaban J connectivity index is 2.90. The summed E-state index contributed by atoms with van der Waals surface area (Å²) < 4.78 is 1.75. The molecule has 0 bridgehead atoms. The van der Waals surface area contributed by atoms with Crippen LogP contribution in [-0.2, 0) is 4.79 Å². The van der Waals surface area contributed by atoms with Gasteiger partial charge in [0.05, 0.1) is 6.20 Å². The molecule has 0 saturated heterocycles. The standard InChI is InChI=1S/C10H17N3O2/c1-7(2)13-8(5-6-11-13)12-10(3,4)9(14)15/h5-7,12H,1-4H3,(H,14,15). The normalized spacial score (nSPS) is 11.8. The van der Waals surface area contributed by atoms with Crippen molar-refractivity contribution in [2.45, 2.75) is 39.3 Å². The maximum Gasteiger partial charge on any atom is 0.328 e. The molecule has 0 aromatic carbocycles. The molecule has 1 rings (SSSR count). The van der Waals surface area contributed by atoms with Gasteiger partial charge in [0.1, 0.15) is 11.4 Å². The van der Waals surface area contributed by atoms with Gasteiger partial charge in [-0.2, -0.15) is 5.10 Å². The fraction of sp³-hybridized carbons (Fsp3) is 0.600. The average molecular weight is 211 g/mol. The highest BCUT2D eigenvalue weighted by atomic mass is 16.4. The molecule has 0 aliphatic rings. The van der Waals surface area contributed by atoms with Crippen LogP contribution in [0.15, 0.2) is 12.3 Å². The predicted molar refractivity (Wildman–Crippen MR) is 57.9 cm³/mol. The van der Waals surface area contributed by atoms with Crippen LogP contribution in [0.4, 0.5) is 5.82 Å². The van der Waals surface area contributed by atoms with Crippen LogP contribution in [-0.4, -0.2) is 26.4 Å². The topological polar surface area (TPSA) is 67.2 Å². The van der Waals surface area contributed by atoms with Crippen molar-refractivity contribution in [2.24, 2.45) is 0 Å². The SMILES string of the molecule is CC(C)n1nccc1NC(C)(C)C(=O)O. The number of nitrogens with zero attached hydrogens (tertiary/aromatic N) is 2. The maximum atomic E-state index is 10.9. The van der Waals surface area contributed by atoms with E-state index in [4.69, 9.17) is 5.11 Å². The van der Waals surface area contributed by atoms with E-state index in [2.05, 4.69) is 10.4 Å². The van der Waals surface area contributed by atoms with Crippen molar-refractivity contribution in [3.63, 3.8) is 0 Å². The number of aromatic nitrogens is 2. The second-order valence-electron chi connectivity index (χ2n) is 4.31. The van der Waals surface area contributed by atoms with Gasteiger partial charge in [-0.15, -0.1) is 0 Å². The van der Waals surface area contributed by atoms with Crippen molar-refractivity contribution in [3.05, 3.63) is 12.3 Å². The van der Waals surface area contributed by atoms with Crippen molar-refractivity contribution >= 4 is 11.8 Å². The van der Waals surface area contributed by atoms with Crippen LogP contribution in [0.5, 0.6) is 0 Å². The molecule has 1 heterocycles. The molecular formula is C10H17N3O2. The minimum absolute atomic E-state index is 0.201. The number of hydrogen-bond acceptors (Lipinski definition) is 3. The third-order valence-corrected chi connectivity index (χ3v) is 2.13. The van der Waals surface area contributed by atoms with E-state index < -0.39 is 11.5 Å². The fourth-order valence-corrected chi connectivity index (χ4v) is 1.20. The zero-order valence-corrected chi connectivity index (χ0v) is 9.48. The molecule has 0 unspecified atom stereocenters. The van der Waals surface area contributed by atoms with Gasteiger partial charge in [0.2, 0.25) is 0 Å². The second kappa shape index (κ2) is 3.92. The summed E-state index contributed by atoms with van der Waals surface area (Å²) in [5, 5.41) is 16.0. The average Bonchev–Trinajstić information content (AvgIpc) is 2.51. The minimum atomic E-state index is -0.993. The molecule has 5 nitrogen and oxygen atoms in total. The van der Waals surface area contributed by atoms with Crippen LogP contribution in [0.3, 0.4) is 0 Å². The molecule has 0 radical (unpaired) electrons. The van der Waals surface area contributed by atoms with Crippen molar-refractivity contribution in [1.29, 1.82) is 0 Å². The third-order valence-electron chi connectivity index (χ3n) is 2.13. The molecule has 84 valence electrons.